The topological polar surface area (TPSA) is 35.2 Å². The number of aromatic amines is 1. The van der Waals surface area contributed by atoms with E-state index in [-0.39, 0.29) is 0 Å². The highest BCUT2D eigenvalue weighted by atomic mass is 15.3. The van der Waals surface area contributed by atoms with Gasteiger partial charge in [0.15, 0.2) is 0 Å². The van der Waals surface area contributed by atoms with Crippen molar-refractivity contribution in [3.63, 3.8) is 0 Å². The van der Waals surface area contributed by atoms with E-state index >= 15 is 0 Å². The summed E-state index contributed by atoms with van der Waals surface area (Å²) in [4.78, 5) is 12.9. The smallest absolute Gasteiger partial charge is 0.0710 e. The fourth-order valence-corrected chi connectivity index (χ4v) is 4.15. The van der Waals surface area contributed by atoms with Crippen LogP contribution in [0.3, 0.4) is 0 Å². The maximum atomic E-state index is 4.74. The van der Waals surface area contributed by atoms with Crippen molar-refractivity contribution in [3.05, 3.63) is 48.8 Å². The number of nitrogens with zero attached hydrogens (tertiary/aromatic N) is 3. The summed E-state index contributed by atoms with van der Waals surface area (Å²) in [5.41, 5.74) is 4.64. The lowest BCUT2D eigenvalue weighted by Crippen LogP contribution is -2.52. The summed E-state index contributed by atoms with van der Waals surface area (Å²) in [5, 5.41) is 1.23. The highest BCUT2D eigenvalue weighted by Crippen LogP contribution is 2.34. The molecule has 116 valence electrons. The number of rotatable bonds is 2. The Morgan fingerprint density at radius 1 is 1.09 bits per heavy atom. The molecule has 4 heterocycles. The minimum Gasteiger partial charge on any atom is -0.368 e. The molecule has 0 radical (unpaired) electrons. The van der Waals surface area contributed by atoms with Gasteiger partial charge < -0.3 is 14.8 Å². The molecular weight excluding hydrogens is 284 g/mol. The van der Waals surface area contributed by atoms with Gasteiger partial charge in [-0.05, 0) is 31.3 Å². The molecular formula is C19H20N4. The van der Waals surface area contributed by atoms with Crippen molar-refractivity contribution >= 4 is 16.6 Å². The number of hydrogen-bond acceptors (Lipinski definition) is 3. The molecule has 2 aliphatic rings. The Labute approximate surface area is 135 Å². The van der Waals surface area contributed by atoms with Crippen LogP contribution in [0.2, 0.25) is 0 Å². The molecule has 0 bridgehead atoms. The molecule has 4 nitrogen and oxygen atoms in total. The second kappa shape index (κ2) is 4.83. The minimum atomic E-state index is 0.739. The molecule has 5 rings (SSSR count). The van der Waals surface area contributed by atoms with Crippen LogP contribution in [0.15, 0.2) is 48.8 Å². The Hall–Kier alpha value is -2.33. The van der Waals surface area contributed by atoms with Crippen LogP contribution in [0.4, 0.5) is 5.69 Å². The largest absolute Gasteiger partial charge is 0.368 e. The van der Waals surface area contributed by atoms with Gasteiger partial charge in [-0.15, -0.1) is 0 Å². The average molecular weight is 304 g/mol. The molecule has 0 unspecified atom stereocenters. The number of aromatic nitrogens is 2. The van der Waals surface area contributed by atoms with Gasteiger partial charge in [-0.2, -0.15) is 0 Å². The first-order valence-electron chi connectivity index (χ1n) is 8.27. The van der Waals surface area contributed by atoms with E-state index in [4.69, 9.17) is 4.98 Å². The third-order valence-electron chi connectivity index (χ3n) is 5.48. The van der Waals surface area contributed by atoms with E-state index in [1.807, 2.05) is 12.4 Å². The van der Waals surface area contributed by atoms with E-state index in [0.717, 1.165) is 29.7 Å². The molecule has 1 N–H and O–H groups in total. The molecule has 23 heavy (non-hydrogen) atoms. The maximum absolute atomic E-state index is 4.74. The van der Waals surface area contributed by atoms with Crippen molar-refractivity contribution in [1.29, 1.82) is 0 Å². The van der Waals surface area contributed by atoms with Crippen LogP contribution in [0.1, 0.15) is 0 Å². The summed E-state index contributed by atoms with van der Waals surface area (Å²) in [6.07, 6.45) is 4.02. The Morgan fingerprint density at radius 3 is 2.83 bits per heavy atom. The van der Waals surface area contributed by atoms with E-state index < -0.39 is 0 Å². The number of fused-ring (bicyclic) bond motifs is 2. The van der Waals surface area contributed by atoms with Crippen LogP contribution >= 0.6 is 0 Å². The number of H-pyrrole nitrogens is 1. The highest BCUT2D eigenvalue weighted by Gasteiger charge is 2.43. The summed E-state index contributed by atoms with van der Waals surface area (Å²) in [7, 11) is 2.23. The summed E-state index contributed by atoms with van der Waals surface area (Å²) < 4.78 is 0. The molecule has 4 heteroatoms. The van der Waals surface area contributed by atoms with Crippen LogP contribution in [-0.2, 0) is 0 Å². The molecule has 2 atom stereocenters. The van der Waals surface area contributed by atoms with Gasteiger partial charge in [0, 0.05) is 54.3 Å². The van der Waals surface area contributed by atoms with Crippen molar-refractivity contribution in [1.82, 2.24) is 14.9 Å². The molecule has 2 fully saturated rings. The standard InChI is InChI=1S/C19H20N4/c1-22-10-13-11-23(12-19(13)22)14-5-6-18(21-9-14)15-3-2-4-17-16(15)7-8-20-17/h2-9,13,19-20H,10-12H2,1H3/t13-,19-/m0/s1. The first-order chi connectivity index (χ1) is 11.3. The SMILES string of the molecule is CN1C[C@H]2CN(c3ccc(-c4cccc5[nH]ccc45)nc3)C[C@@H]21. The zero-order valence-corrected chi connectivity index (χ0v) is 13.2. The van der Waals surface area contributed by atoms with E-state index in [0.29, 0.717) is 0 Å². The first-order valence-corrected chi connectivity index (χ1v) is 8.27. The van der Waals surface area contributed by atoms with Crippen molar-refractivity contribution in [2.24, 2.45) is 5.92 Å². The van der Waals surface area contributed by atoms with Gasteiger partial charge >= 0.3 is 0 Å². The van der Waals surface area contributed by atoms with E-state index in [9.17, 15) is 0 Å². The van der Waals surface area contributed by atoms with Crippen LogP contribution in [0.5, 0.6) is 0 Å². The molecule has 2 saturated heterocycles. The third-order valence-corrected chi connectivity index (χ3v) is 5.48. The monoisotopic (exact) mass is 304 g/mol. The van der Waals surface area contributed by atoms with Gasteiger partial charge in [-0.3, -0.25) is 4.98 Å². The number of anilines is 1. The van der Waals surface area contributed by atoms with Gasteiger partial charge in [0.05, 0.1) is 17.6 Å². The Kier molecular flexibility index (Phi) is 2.76. The van der Waals surface area contributed by atoms with Crippen molar-refractivity contribution in [2.45, 2.75) is 6.04 Å². The van der Waals surface area contributed by atoms with Gasteiger partial charge in [0.1, 0.15) is 0 Å². The number of hydrogen-bond donors (Lipinski definition) is 1. The summed E-state index contributed by atoms with van der Waals surface area (Å²) in [6.45, 7) is 3.54. The quantitative estimate of drug-likeness (QED) is 0.790. The second-order valence-corrected chi connectivity index (χ2v) is 6.82. The number of benzene rings is 1. The number of pyridine rings is 1. The van der Waals surface area contributed by atoms with Crippen molar-refractivity contribution in [2.75, 3.05) is 31.6 Å². The van der Waals surface area contributed by atoms with Crippen LogP contribution in [0.25, 0.3) is 22.2 Å². The Bertz CT molecular complexity index is 851. The highest BCUT2D eigenvalue weighted by molar-refractivity contribution is 5.94. The Balaban J connectivity index is 1.45. The average Bonchev–Trinajstić information content (AvgIpc) is 3.18. The lowest BCUT2D eigenvalue weighted by atomic mass is 9.93. The molecule has 2 aromatic heterocycles. The number of nitrogens with one attached hydrogen (secondary N) is 1. The molecule has 0 saturated carbocycles. The molecule has 0 aliphatic carbocycles. The lowest BCUT2D eigenvalue weighted by molar-refractivity contribution is 0.0827. The molecule has 1 aromatic carbocycles. The zero-order valence-electron chi connectivity index (χ0n) is 13.2. The molecule has 0 amide bonds. The van der Waals surface area contributed by atoms with Gasteiger partial charge in [0.25, 0.3) is 0 Å². The Morgan fingerprint density at radius 2 is 2.04 bits per heavy atom. The summed E-state index contributed by atoms with van der Waals surface area (Å²) in [5.74, 6) is 0.841. The van der Waals surface area contributed by atoms with Crippen molar-refractivity contribution in [3.8, 4) is 11.3 Å². The van der Waals surface area contributed by atoms with E-state index in [1.54, 1.807) is 0 Å². The normalized spacial score (nSPS) is 24.0. The molecule has 3 aromatic rings. The van der Waals surface area contributed by atoms with Crippen LogP contribution in [0, 0.1) is 5.92 Å². The lowest BCUT2D eigenvalue weighted by Gasteiger charge is -2.40. The van der Waals surface area contributed by atoms with Crippen molar-refractivity contribution < 1.29 is 0 Å². The fraction of sp³-hybridized carbons (Fsp3) is 0.316. The number of likely N-dealkylation sites (N-methyl/N-ethyl adjacent to an activating group) is 1. The third kappa shape index (κ3) is 1.98. The van der Waals surface area contributed by atoms with E-state index in [1.165, 1.54) is 29.7 Å². The predicted octanol–water partition coefficient (Wildman–Crippen LogP) is 2.98. The van der Waals surface area contributed by atoms with E-state index in [2.05, 4.69) is 58.2 Å². The van der Waals surface area contributed by atoms with Gasteiger partial charge in [-0.25, -0.2) is 0 Å². The first kappa shape index (κ1) is 13.1. The minimum absolute atomic E-state index is 0.739. The van der Waals surface area contributed by atoms with Crippen LogP contribution < -0.4 is 4.90 Å². The summed E-state index contributed by atoms with van der Waals surface area (Å²) >= 11 is 0. The maximum Gasteiger partial charge on any atom is 0.0710 e. The molecule has 2 aliphatic heterocycles. The summed E-state index contributed by atoms with van der Waals surface area (Å²) in [6, 6.07) is 13.6. The predicted molar refractivity (Wildman–Crippen MR) is 93.7 cm³/mol. The fourth-order valence-electron chi connectivity index (χ4n) is 4.15. The number of likely N-dealkylation sites (tertiary alicyclic amines) is 1. The zero-order chi connectivity index (χ0) is 15.4. The van der Waals surface area contributed by atoms with Crippen LogP contribution in [-0.4, -0.2) is 47.6 Å². The van der Waals surface area contributed by atoms with Gasteiger partial charge in [-0.1, -0.05) is 12.1 Å². The second-order valence-electron chi connectivity index (χ2n) is 6.82. The van der Waals surface area contributed by atoms with Gasteiger partial charge in [0.2, 0.25) is 0 Å². The molecule has 0 spiro atoms.